The zero-order chi connectivity index (χ0) is 24.1. The van der Waals surface area contributed by atoms with Gasteiger partial charge in [0.2, 0.25) is 11.8 Å². The fraction of sp³-hybridized carbons (Fsp3) is 0.800. The topological polar surface area (TPSA) is 107 Å². The number of nitrogens with one attached hydrogen (secondary N) is 1. The zero-order valence-corrected chi connectivity index (χ0v) is 20.2. The molecule has 1 saturated heterocycles. The summed E-state index contributed by atoms with van der Waals surface area (Å²) in [6.07, 6.45) is 12.4. The van der Waals surface area contributed by atoms with Gasteiger partial charge in [-0.15, -0.1) is 0 Å². The second kappa shape index (κ2) is 15.0. The SMILES string of the molecule is CCN(CC(=O)N(C1[CH]CCCCCC1)[C@H](C=O)CC(=O)O)C(=O)CCCC1CCNCC1. The number of aliphatic carboxylic acids is 1. The fourth-order valence-corrected chi connectivity index (χ4v) is 5.03. The molecule has 8 nitrogen and oxygen atoms in total. The molecule has 2 rings (SSSR count). The highest BCUT2D eigenvalue weighted by Crippen LogP contribution is 2.24. The van der Waals surface area contributed by atoms with E-state index in [0.29, 0.717) is 31.6 Å². The number of likely N-dealkylation sites (N-methyl/N-ethyl adjacent to an activating group) is 1. The summed E-state index contributed by atoms with van der Waals surface area (Å²) >= 11 is 0. The van der Waals surface area contributed by atoms with Crippen molar-refractivity contribution in [3.63, 3.8) is 0 Å². The van der Waals surface area contributed by atoms with E-state index in [2.05, 4.69) is 5.32 Å². The van der Waals surface area contributed by atoms with Crippen molar-refractivity contribution in [1.29, 1.82) is 0 Å². The summed E-state index contributed by atoms with van der Waals surface area (Å²) in [6, 6.07) is -1.30. The van der Waals surface area contributed by atoms with Crippen LogP contribution in [0, 0.1) is 12.3 Å². The van der Waals surface area contributed by atoms with Crippen LogP contribution in [-0.4, -0.2) is 77.2 Å². The minimum atomic E-state index is -1.11. The number of carboxylic acid groups (broad SMARTS) is 1. The minimum absolute atomic E-state index is 0.0535. The first-order valence-corrected chi connectivity index (χ1v) is 12.8. The smallest absolute Gasteiger partial charge is 0.305 e. The molecule has 1 aliphatic heterocycles. The number of nitrogens with zero attached hydrogens (tertiary/aromatic N) is 2. The Morgan fingerprint density at radius 1 is 1.09 bits per heavy atom. The molecular formula is C25H42N3O5. The molecule has 0 aromatic heterocycles. The van der Waals surface area contributed by atoms with Crippen LogP contribution in [0.3, 0.4) is 0 Å². The molecule has 0 aromatic rings. The maximum atomic E-state index is 13.4. The molecule has 2 N–H and O–H groups in total. The van der Waals surface area contributed by atoms with Gasteiger partial charge in [-0.05, 0) is 70.9 Å². The third-order valence-electron chi connectivity index (χ3n) is 6.96. The Morgan fingerprint density at radius 3 is 2.48 bits per heavy atom. The van der Waals surface area contributed by atoms with Gasteiger partial charge in [-0.25, -0.2) is 0 Å². The van der Waals surface area contributed by atoms with Crippen LogP contribution in [-0.2, 0) is 19.2 Å². The number of amides is 2. The summed E-state index contributed by atoms with van der Waals surface area (Å²) in [5.41, 5.74) is 0. The lowest BCUT2D eigenvalue weighted by Gasteiger charge is -2.37. The van der Waals surface area contributed by atoms with Gasteiger partial charge in [0.05, 0.1) is 19.0 Å². The van der Waals surface area contributed by atoms with Gasteiger partial charge in [0.15, 0.2) is 0 Å². The molecule has 2 fully saturated rings. The van der Waals surface area contributed by atoms with Gasteiger partial charge in [0.1, 0.15) is 6.29 Å². The first-order valence-electron chi connectivity index (χ1n) is 12.8. The lowest BCUT2D eigenvalue weighted by Crippen LogP contribution is -2.53. The molecule has 1 unspecified atom stereocenters. The Bertz CT molecular complexity index is 628. The van der Waals surface area contributed by atoms with Crippen molar-refractivity contribution in [3.05, 3.63) is 6.42 Å². The van der Waals surface area contributed by atoms with Crippen LogP contribution in [0.4, 0.5) is 0 Å². The van der Waals surface area contributed by atoms with Crippen LogP contribution in [0.25, 0.3) is 0 Å². The van der Waals surface area contributed by atoms with Gasteiger partial charge in [-0.2, -0.15) is 0 Å². The van der Waals surface area contributed by atoms with E-state index in [4.69, 9.17) is 0 Å². The summed E-state index contributed by atoms with van der Waals surface area (Å²) in [4.78, 5) is 52.4. The molecule has 8 heteroatoms. The summed E-state index contributed by atoms with van der Waals surface area (Å²) in [7, 11) is 0. The number of aldehydes is 1. The quantitative estimate of drug-likeness (QED) is 0.430. The summed E-state index contributed by atoms with van der Waals surface area (Å²) in [5, 5.41) is 12.6. The largest absolute Gasteiger partial charge is 0.481 e. The van der Waals surface area contributed by atoms with E-state index in [1.165, 1.54) is 4.90 Å². The number of hydrogen-bond donors (Lipinski definition) is 2. The van der Waals surface area contributed by atoms with Gasteiger partial charge < -0.3 is 25.0 Å². The van der Waals surface area contributed by atoms with E-state index >= 15 is 0 Å². The maximum absolute atomic E-state index is 13.4. The molecule has 2 amide bonds. The number of carbonyl (C=O) groups excluding carboxylic acids is 3. The molecule has 0 bridgehead atoms. The molecule has 1 aliphatic carbocycles. The number of carbonyl (C=O) groups is 4. The first-order chi connectivity index (χ1) is 16.0. The molecule has 2 atom stereocenters. The fourth-order valence-electron chi connectivity index (χ4n) is 5.03. The van der Waals surface area contributed by atoms with Crippen molar-refractivity contribution in [2.45, 2.75) is 96.1 Å². The Hall–Kier alpha value is -1.96. The standard InChI is InChI=1S/C25H42N3O5/c1-2-27(23(30)12-8-9-20-13-15-26-16-14-20)18-24(31)28(22(19-29)17-25(32)33)21-10-6-4-3-5-7-11-21/h10,19-22,26H,2-9,11-18H2,1H3,(H,32,33)/t21?,22-/m0/s1. The van der Waals surface area contributed by atoms with Gasteiger partial charge in [0, 0.05) is 19.0 Å². The van der Waals surface area contributed by atoms with Crippen LogP contribution in [0.5, 0.6) is 0 Å². The average Bonchev–Trinajstić information content (AvgIpc) is 2.78. The van der Waals surface area contributed by atoms with Gasteiger partial charge >= 0.3 is 5.97 Å². The Morgan fingerprint density at radius 2 is 1.82 bits per heavy atom. The van der Waals surface area contributed by atoms with Gasteiger partial charge in [-0.1, -0.05) is 25.7 Å². The van der Waals surface area contributed by atoms with E-state index < -0.39 is 18.4 Å². The number of hydrogen-bond acceptors (Lipinski definition) is 5. The van der Waals surface area contributed by atoms with Gasteiger partial charge in [0.25, 0.3) is 0 Å². The van der Waals surface area contributed by atoms with Crippen molar-refractivity contribution in [1.82, 2.24) is 15.1 Å². The Kier molecular flexibility index (Phi) is 12.4. The van der Waals surface area contributed by atoms with E-state index in [1.807, 2.05) is 13.3 Å². The second-order valence-corrected chi connectivity index (χ2v) is 9.39. The van der Waals surface area contributed by atoms with Crippen LogP contribution >= 0.6 is 0 Å². The highest BCUT2D eigenvalue weighted by atomic mass is 16.4. The molecule has 2 aliphatic rings. The first kappa shape index (κ1) is 27.3. The lowest BCUT2D eigenvalue weighted by atomic mass is 9.92. The number of piperidine rings is 1. The minimum Gasteiger partial charge on any atom is -0.481 e. The zero-order valence-electron chi connectivity index (χ0n) is 20.2. The van der Waals surface area contributed by atoms with Crippen molar-refractivity contribution < 1.29 is 24.3 Å². The highest BCUT2D eigenvalue weighted by molar-refractivity contribution is 5.87. The third-order valence-corrected chi connectivity index (χ3v) is 6.96. The Balaban J connectivity index is 2.01. The number of rotatable bonds is 12. The average molecular weight is 465 g/mol. The predicted molar refractivity (Wildman–Crippen MR) is 126 cm³/mol. The summed E-state index contributed by atoms with van der Waals surface area (Å²) in [6.45, 7) is 4.22. The Labute approximate surface area is 198 Å². The molecular weight excluding hydrogens is 422 g/mol. The molecule has 1 saturated carbocycles. The number of carboxylic acids is 1. The van der Waals surface area contributed by atoms with Crippen molar-refractivity contribution >= 4 is 24.1 Å². The van der Waals surface area contributed by atoms with E-state index in [-0.39, 0.29) is 24.4 Å². The maximum Gasteiger partial charge on any atom is 0.305 e. The van der Waals surface area contributed by atoms with E-state index in [1.54, 1.807) is 4.90 Å². The van der Waals surface area contributed by atoms with Gasteiger partial charge in [-0.3, -0.25) is 14.4 Å². The predicted octanol–water partition coefficient (Wildman–Crippen LogP) is 2.80. The molecule has 1 heterocycles. The summed E-state index contributed by atoms with van der Waals surface area (Å²) in [5.74, 6) is -0.853. The normalized spacial score (nSPS) is 19.2. The van der Waals surface area contributed by atoms with Crippen LogP contribution in [0.15, 0.2) is 0 Å². The molecule has 0 aromatic carbocycles. The third kappa shape index (κ3) is 9.43. The molecule has 1 radical (unpaired) electrons. The van der Waals surface area contributed by atoms with Crippen molar-refractivity contribution in [2.24, 2.45) is 5.92 Å². The van der Waals surface area contributed by atoms with Crippen molar-refractivity contribution in [2.75, 3.05) is 26.2 Å². The van der Waals surface area contributed by atoms with Crippen LogP contribution < -0.4 is 5.32 Å². The van der Waals surface area contributed by atoms with Crippen LogP contribution in [0.1, 0.15) is 84.0 Å². The summed E-state index contributed by atoms with van der Waals surface area (Å²) < 4.78 is 0. The highest BCUT2D eigenvalue weighted by Gasteiger charge is 2.33. The van der Waals surface area contributed by atoms with E-state index in [9.17, 15) is 24.3 Å². The molecule has 0 spiro atoms. The van der Waals surface area contributed by atoms with Crippen LogP contribution in [0.2, 0.25) is 0 Å². The lowest BCUT2D eigenvalue weighted by molar-refractivity contribution is -0.148. The van der Waals surface area contributed by atoms with Crippen molar-refractivity contribution in [3.8, 4) is 0 Å². The monoisotopic (exact) mass is 464 g/mol. The molecule has 33 heavy (non-hydrogen) atoms. The van der Waals surface area contributed by atoms with E-state index in [0.717, 1.165) is 70.9 Å². The second-order valence-electron chi connectivity index (χ2n) is 9.39. The molecule has 187 valence electrons.